The highest BCUT2D eigenvalue weighted by Crippen LogP contribution is 2.39. The monoisotopic (exact) mass is 516 g/mol. The van der Waals surface area contributed by atoms with Crippen LogP contribution in [0.4, 0.5) is 5.88 Å². The van der Waals surface area contributed by atoms with Gasteiger partial charge < -0.3 is 9.52 Å². The molecule has 0 bridgehead atoms. The first-order valence-corrected chi connectivity index (χ1v) is 12.4. The summed E-state index contributed by atoms with van der Waals surface area (Å²) in [7, 11) is 0. The van der Waals surface area contributed by atoms with Crippen molar-refractivity contribution < 1.29 is 14.3 Å². The number of amides is 1. The second-order valence-corrected chi connectivity index (χ2v) is 9.22. The van der Waals surface area contributed by atoms with Gasteiger partial charge in [-0.25, -0.2) is 4.98 Å². The molecule has 1 aromatic heterocycles. The molecule has 184 valence electrons. The fraction of sp³-hybridized carbons (Fsp3) is 0. The minimum Gasteiger partial charge on any atom is -0.507 e. The van der Waals surface area contributed by atoms with Crippen molar-refractivity contribution in [1.29, 1.82) is 0 Å². The van der Waals surface area contributed by atoms with Crippen molar-refractivity contribution in [3.63, 3.8) is 0 Å². The Morgan fingerprint density at radius 3 is 2.34 bits per heavy atom. The first kappa shape index (κ1) is 23.5. The molecule has 1 heterocycles. The van der Waals surface area contributed by atoms with Crippen LogP contribution in [0.3, 0.4) is 0 Å². The van der Waals surface area contributed by atoms with Crippen molar-refractivity contribution in [1.82, 2.24) is 4.98 Å². The highest BCUT2D eigenvalue weighted by Gasteiger charge is 2.21. The van der Waals surface area contributed by atoms with Gasteiger partial charge in [0.25, 0.3) is 5.91 Å². The lowest BCUT2D eigenvalue weighted by atomic mass is 9.97. The van der Waals surface area contributed by atoms with Crippen LogP contribution < -0.4 is 5.32 Å². The van der Waals surface area contributed by atoms with Crippen LogP contribution in [0.5, 0.6) is 5.75 Å². The number of nitrogens with zero attached hydrogens (tertiary/aromatic N) is 1. The number of oxazole rings is 1. The van der Waals surface area contributed by atoms with Gasteiger partial charge in [0, 0.05) is 16.1 Å². The van der Waals surface area contributed by atoms with Crippen molar-refractivity contribution in [2.24, 2.45) is 0 Å². The normalized spacial score (nSPS) is 11.0. The van der Waals surface area contributed by atoms with Crippen molar-refractivity contribution in [2.45, 2.75) is 0 Å². The third kappa shape index (κ3) is 4.51. The quantitative estimate of drug-likeness (QED) is 0.241. The summed E-state index contributed by atoms with van der Waals surface area (Å²) in [6, 6.07) is 35.5. The molecule has 0 unspecified atom stereocenters. The zero-order valence-electron chi connectivity index (χ0n) is 20.1. The summed E-state index contributed by atoms with van der Waals surface area (Å²) in [6.07, 6.45) is 0. The largest absolute Gasteiger partial charge is 0.507 e. The Morgan fingerprint density at radius 1 is 0.763 bits per heavy atom. The van der Waals surface area contributed by atoms with E-state index in [4.69, 9.17) is 16.0 Å². The van der Waals surface area contributed by atoms with E-state index in [0.29, 0.717) is 27.4 Å². The average molecular weight is 517 g/mol. The lowest BCUT2D eigenvalue weighted by molar-refractivity contribution is 0.102. The van der Waals surface area contributed by atoms with E-state index in [0.717, 1.165) is 21.9 Å². The molecule has 0 spiro atoms. The Morgan fingerprint density at radius 2 is 1.53 bits per heavy atom. The van der Waals surface area contributed by atoms with Crippen LogP contribution in [0.2, 0.25) is 5.02 Å². The van der Waals surface area contributed by atoms with Crippen molar-refractivity contribution >= 4 is 34.2 Å². The van der Waals surface area contributed by atoms with Crippen LogP contribution in [-0.2, 0) is 0 Å². The third-order valence-electron chi connectivity index (χ3n) is 6.32. The molecular formula is C32H21ClN2O3. The van der Waals surface area contributed by atoms with Gasteiger partial charge >= 0.3 is 0 Å². The Bertz CT molecular complexity index is 1790. The highest BCUT2D eigenvalue weighted by atomic mass is 35.5. The van der Waals surface area contributed by atoms with Crippen LogP contribution in [0.15, 0.2) is 120 Å². The molecule has 0 saturated carbocycles. The zero-order valence-corrected chi connectivity index (χ0v) is 20.8. The highest BCUT2D eigenvalue weighted by molar-refractivity contribution is 6.30. The number of aromatic hydroxyl groups is 1. The van der Waals surface area contributed by atoms with Gasteiger partial charge in [0.15, 0.2) is 0 Å². The summed E-state index contributed by atoms with van der Waals surface area (Å²) >= 11 is 6.23. The SMILES string of the molecule is O=C(Nc1oc(-c2ccc(-c3cccc4ccccc34)cc2O)nc1-c1cccc(Cl)c1)c1ccccc1. The molecule has 0 atom stereocenters. The first-order valence-electron chi connectivity index (χ1n) is 12.0. The van der Waals surface area contributed by atoms with E-state index >= 15 is 0 Å². The number of phenolic OH excluding ortho intramolecular Hbond substituents is 1. The van der Waals surface area contributed by atoms with Crippen molar-refractivity contribution in [2.75, 3.05) is 5.32 Å². The molecule has 5 nitrogen and oxygen atoms in total. The smallest absolute Gasteiger partial charge is 0.258 e. The fourth-order valence-electron chi connectivity index (χ4n) is 4.47. The maximum Gasteiger partial charge on any atom is 0.258 e. The summed E-state index contributed by atoms with van der Waals surface area (Å²) < 4.78 is 6.04. The summed E-state index contributed by atoms with van der Waals surface area (Å²) in [5, 5.41) is 16.6. The number of hydrogen-bond donors (Lipinski definition) is 2. The topological polar surface area (TPSA) is 75.4 Å². The van der Waals surface area contributed by atoms with Gasteiger partial charge in [0.1, 0.15) is 11.4 Å². The predicted octanol–water partition coefficient (Wildman–Crippen LogP) is 8.44. The van der Waals surface area contributed by atoms with E-state index < -0.39 is 0 Å². The van der Waals surface area contributed by atoms with Crippen LogP contribution in [0.25, 0.3) is 44.6 Å². The fourth-order valence-corrected chi connectivity index (χ4v) is 4.66. The number of hydrogen-bond acceptors (Lipinski definition) is 4. The van der Waals surface area contributed by atoms with Gasteiger partial charge in [-0.1, -0.05) is 90.5 Å². The minimum absolute atomic E-state index is 0.00950. The average Bonchev–Trinajstić information content (AvgIpc) is 3.36. The lowest BCUT2D eigenvalue weighted by Gasteiger charge is -2.09. The van der Waals surface area contributed by atoms with E-state index in [1.165, 1.54) is 0 Å². The maximum atomic E-state index is 12.9. The maximum absolute atomic E-state index is 12.9. The molecule has 6 heteroatoms. The number of rotatable bonds is 5. The standard InChI is InChI=1S/C32H21ClN2O3/c33-24-13-6-12-23(18-24)29-32(35-30(37)21-9-2-1-3-10-21)38-31(34-29)27-17-16-22(19-28(27)36)26-15-7-11-20-8-4-5-14-25(20)26/h1-19,36H,(H,35,37). The lowest BCUT2D eigenvalue weighted by Crippen LogP contribution is -2.11. The molecule has 0 aliphatic heterocycles. The number of halogens is 1. The van der Waals surface area contributed by atoms with E-state index in [9.17, 15) is 9.90 Å². The molecule has 5 aromatic carbocycles. The minimum atomic E-state index is -0.341. The molecule has 0 aliphatic rings. The number of carbonyl (C=O) groups excluding carboxylic acids is 1. The molecule has 0 aliphatic carbocycles. The van der Waals surface area contributed by atoms with Crippen LogP contribution in [0.1, 0.15) is 10.4 Å². The summed E-state index contributed by atoms with van der Waals surface area (Å²) in [4.78, 5) is 17.6. The van der Waals surface area contributed by atoms with E-state index in [2.05, 4.69) is 28.5 Å². The molecular weight excluding hydrogens is 496 g/mol. The molecule has 1 amide bonds. The third-order valence-corrected chi connectivity index (χ3v) is 6.55. The van der Waals surface area contributed by atoms with Crippen LogP contribution in [0, 0.1) is 0 Å². The number of benzene rings is 5. The molecule has 0 radical (unpaired) electrons. The number of nitrogens with one attached hydrogen (secondary N) is 1. The summed E-state index contributed by atoms with van der Waals surface area (Å²) in [5.41, 5.74) is 3.82. The molecule has 0 fully saturated rings. The summed E-state index contributed by atoms with van der Waals surface area (Å²) in [6.45, 7) is 0. The first-order chi connectivity index (χ1) is 18.6. The Kier molecular flexibility index (Phi) is 6.12. The Hall–Kier alpha value is -4.87. The number of aromatic nitrogens is 1. The zero-order chi connectivity index (χ0) is 26.1. The van der Waals surface area contributed by atoms with Crippen molar-refractivity contribution in [3.8, 4) is 39.6 Å². The van der Waals surface area contributed by atoms with Gasteiger partial charge in [-0.15, -0.1) is 0 Å². The Labute approximate surface area is 224 Å². The molecule has 6 rings (SSSR count). The van der Waals surface area contributed by atoms with Gasteiger partial charge in [0.05, 0.1) is 5.56 Å². The van der Waals surface area contributed by atoms with Gasteiger partial charge in [0.2, 0.25) is 11.8 Å². The number of anilines is 1. The number of phenols is 1. The molecule has 2 N–H and O–H groups in total. The van der Waals surface area contributed by atoms with Gasteiger partial charge in [-0.3, -0.25) is 10.1 Å². The van der Waals surface area contributed by atoms with Crippen LogP contribution in [-0.4, -0.2) is 16.0 Å². The van der Waals surface area contributed by atoms with Crippen LogP contribution >= 0.6 is 11.6 Å². The number of fused-ring (bicyclic) bond motifs is 1. The van der Waals surface area contributed by atoms with Crippen molar-refractivity contribution in [3.05, 3.63) is 126 Å². The van der Waals surface area contributed by atoms with Gasteiger partial charge in [-0.2, -0.15) is 0 Å². The Balaban J connectivity index is 1.42. The van der Waals surface area contributed by atoms with E-state index in [1.54, 1.807) is 54.6 Å². The number of carbonyl (C=O) groups is 1. The van der Waals surface area contributed by atoms with E-state index in [1.807, 2.05) is 42.5 Å². The van der Waals surface area contributed by atoms with E-state index in [-0.39, 0.29) is 23.4 Å². The predicted molar refractivity (Wildman–Crippen MR) is 151 cm³/mol. The second kappa shape index (κ2) is 9.88. The second-order valence-electron chi connectivity index (χ2n) is 8.79. The summed E-state index contributed by atoms with van der Waals surface area (Å²) in [5.74, 6) is 0.00123. The molecule has 0 saturated heterocycles. The molecule has 38 heavy (non-hydrogen) atoms. The van der Waals surface area contributed by atoms with Gasteiger partial charge in [-0.05, 0) is 58.3 Å². The molecule has 6 aromatic rings.